The van der Waals surface area contributed by atoms with Gasteiger partial charge in [-0.1, -0.05) is 48.0 Å². The molecule has 2 heteroatoms. The average Bonchev–Trinajstić information content (AvgIpc) is 2.40. The largest absolute Gasteiger partial charge is 0.343 e. The second-order valence-corrected chi connectivity index (χ2v) is 5.68. The molecule has 1 saturated heterocycles. The summed E-state index contributed by atoms with van der Waals surface area (Å²) in [7, 11) is 0. The molecule has 0 spiro atoms. The van der Waals surface area contributed by atoms with E-state index in [4.69, 9.17) is 0 Å². The maximum Gasteiger partial charge on any atom is 0.222 e. The molecule has 1 aliphatic rings. The van der Waals surface area contributed by atoms with E-state index in [0.717, 1.165) is 37.8 Å². The molecule has 0 aromatic heterocycles. The molecule has 1 rings (SSSR count). The second kappa shape index (κ2) is 9.41. The van der Waals surface area contributed by atoms with Crippen molar-refractivity contribution in [2.24, 2.45) is 17.8 Å². The Kier molecular flexibility index (Phi) is 9.13. The van der Waals surface area contributed by atoms with Gasteiger partial charge < -0.3 is 4.90 Å². The molecular weight excluding hydrogens is 222 g/mol. The SMILES string of the molecule is CC.CCC(C)CC(=O)N1CCC(C(C)C)CC1. The zero-order valence-corrected chi connectivity index (χ0v) is 13.3. The third kappa shape index (κ3) is 5.88. The normalized spacial score (nSPS) is 18.3. The first-order valence-electron chi connectivity index (χ1n) is 7.82. The van der Waals surface area contributed by atoms with Crippen molar-refractivity contribution in [3.63, 3.8) is 0 Å². The Morgan fingerprint density at radius 2 is 1.67 bits per heavy atom. The fraction of sp³-hybridized carbons (Fsp3) is 0.938. The average molecular weight is 255 g/mol. The van der Waals surface area contributed by atoms with Crippen LogP contribution in [0.5, 0.6) is 0 Å². The van der Waals surface area contributed by atoms with Gasteiger partial charge in [0.05, 0.1) is 0 Å². The molecule has 1 fully saturated rings. The van der Waals surface area contributed by atoms with E-state index in [9.17, 15) is 4.79 Å². The lowest BCUT2D eigenvalue weighted by Crippen LogP contribution is -2.40. The number of amides is 1. The fourth-order valence-electron chi connectivity index (χ4n) is 2.39. The van der Waals surface area contributed by atoms with Crippen molar-refractivity contribution in [3.8, 4) is 0 Å². The van der Waals surface area contributed by atoms with Crippen LogP contribution in [-0.2, 0) is 4.79 Å². The molecule has 2 nitrogen and oxygen atoms in total. The summed E-state index contributed by atoms with van der Waals surface area (Å²) in [5.41, 5.74) is 0. The minimum atomic E-state index is 0.372. The van der Waals surface area contributed by atoms with Crippen LogP contribution in [0.3, 0.4) is 0 Å². The van der Waals surface area contributed by atoms with E-state index in [1.807, 2.05) is 13.8 Å². The molecule has 18 heavy (non-hydrogen) atoms. The molecule has 0 N–H and O–H groups in total. The molecule has 0 bridgehead atoms. The summed E-state index contributed by atoms with van der Waals surface area (Å²) in [5.74, 6) is 2.51. The highest BCUT2D eigenvalue weighted by atomic mass is 16.2. The minimum absolute atomic E-state index is 0.372. The topological polar surface area (TPSA) is 20.3 Å². The lowest BCUT2D eigenvalue weighted by atomic mass is 9.86. The maximum atomic E-state index is 12.0. The summed E-state index contributed by atoms with van der Waals surface area (Å²) >= 11 is 0. The van der Waals surface area contributed by atoms with Gasteiger partial charge in [0.25, 0.3) is 0 Å². The van der Waals surface area contributed by atoms with Crippen LogP contribution in [0.15, 0.2) is 0 Å². The quantitative estimate of drug-likeness (QED) is 0.731. The van der Waals surface area contributed by atoms with Crippen LogP contribution in [0, 0.1) is 17.8 Å². The van der Waals surface area contributed by atoms with Crippen molar-refractivity contribution in [3.05, 3.63) is 0 Å². The number of hydrogen-bond donors (Lipinski definition) is 0. The summed E-state index contributed by atoms with van der Waals surface area (Å²) in [4.78, 5) is 14.0. The monoisotopic (exact) mass is 255 g/mol. The summed E-state index contributed by atoms with van der Waals surface area (Å²) in [6.07, 6.45) is 4.24. The third-order valence-corrected chi connectivity index (χ3v) is 4.06. The number of nitrogens with zero attached hydrogens (tertiary/aromatic N) is 1. The molecule has 1 unspecified atom stereocenters. The molecule has 0 aromatic rings. The number of likely N-dealkylation sites (tertiary alicyclic amines) is 1. The van der Waals surface area contributed by atoms with Crippen LogP contribution in [0.1, 0.15) is 67.2 Å². The number of rotatable bonds is 4. The first kappa shape index (κ1) is 17.5. The summed E-state index contributed by atoms with van der Waals surface area (Å²) in [5, 5.41) is 0. The van der Waals surface area contributed by atoms with E-state index < -0.39 is 0 Å². The molecule has 0 aliphatic carbocycles. The van der Waals surface area contributed by atoms with Crippen LogP contribution in [0.4, 0.5) is 0 Å². The van der Waals surface area contributed by atoms with Crippen LogP contribution < -0.4 is 0 Å². The smallest absolute Gasteiger partial charge is 0.222 e. The maximum absolute atomic E-state index is 12.0. The first-order chi connectivity index (χ1) is 8.54. The minimum Gasteiger partial charge on any atom is -0.343 e. The van der Waals surface area contributed by atoms with Gasteiger partial charge >= 0.3 is 0 Å². The Morgan fingerprint density at radius 1 is 1.17 bits per heavy atom. The van der Waals surface area contributed by atoms with Crippen LogP contribution in [-0.4, -0.2) is 23.9 Å². The van der Waals surface area contributed by atoms with E-state index >= 15 is 0 Å². The first-order valence-corrected chi connectivity index (χ1v) is 7.82. The summed E-state index contributed by atoms with van der Waals surface area (Å²) < 4.78 is 0. The summed E-state index contributed by atoms with van der Waals surface area (Å²) in [6, 6.07) is 0. The van der Waals surface area contributed by atoms with Gasteiger partial charge in [0.15, 0.2) is 0 Å². The molecule has 1 heterocycles. The Hall–Kier alpha value is -0.530. The molecule has 108 valence electrons. The Balaban J connectivity index is 0.00000137. The third-order valence-electron chi connectivity index (χ3n) is 4.06. The van der Waals surface area contributed by atoms with Crippen LogP contribution >= 0.6 is 0 Å². The Morgan fingerprint density at radius 3 is 2.06 bits per heavy atom. The van der Waals surface area contributed by atoms with Gasteiger partial charge in [-0.15, -0.1) is 0 Å². The molecule has 0 radical (unpaired) electrons. The molecular formula is C16H33NO. The lowest BCUT2D eigenvalue weighted by Gasteiger charge is -2.34. The lowest BCUT2D eigenvalue weighted by molar-refractivity contribution is -0.133. The van der Waals surface area contributed by atoms with Crippen molar-refractivity contribution in [2.75, 3.05) is 13.1 Å². The predicted octanol–water partition coefficient (Wildman–Crippen LogP) is 4.34. The van der Waals surface area contributed by atoms with E-state index in [-0.39, 0.29) is 0 Å². The molecule has 1 aliphatic heterocycles. The van der Waals surface area contributed by atoms with Gasteiger partial charge in [-0.3, -0.25) is 4.79 Å². The molecule has 1 amide bonds. The number of carbonyl (C=O) groups excluding carboxylic acids is 1. The fourth-order valence-corrected chi connectivity index (χ4v) is 2.39. The van der Waals surface area contributed by atoms with E-state index in [1.54, 1.807) is 0 Å². The number of piperidine rings is 1. The molecule has 1 atom stereocenters. The summed E-state index contributed by atoms with van der Waals surface area (Å²) in [6.45, 7) is 14.9. The highest BCUT2D eigenvalue weighted by molar-refractivity contribution is 5.76. The predicted molar refractivity (Wildman–Crippen MR) is 79.6 cm³/mol. The van der Waals surface area contributed by atoms with Gasteiger partial charge in [-0.25, -0.2) is 0 Å². The second-order valence-electron chi connectivity index (χ2n) is 5.68. The van der Waals surface area contributed by atoms with Crippen molar-refractivity contribution < 1.29 is 4.79 Å². The highest BCUT2D eigenvalue weighted by Crippen LogP contribution is 2.25. The molecule has 0 saturated carbocycles. The van der Waals surface area contributed by atoms with Gasteiger partial charge in [-0.05, 0) is 30.6 Å². The highest BCUT2D eigenvalue weighted by Gasteiger charge is 2.24. The number of carbonyl (C=O) groups is 1. The van der Waals surface area contributed by atoms with E-state index in [1.165, 1.54) is 12.8 Å². The van der Waals surface area contributed by atoms with Crippen LogP contribution in [0.2, 0.25) is 0 Å². The van der Waals surface area contributed by atoms with Crippen LogP contribution in [0.25, 0.3) is 0 Å². The van der Waals surface area contributed by atoms with Crippen molar-refractivity contribution in [1.29, 1.82) is 0 Å². The van der Waals surface area contributed by atoms with Gasteiger partial charge in [-0.2, -0.15) is 0 Å². The van der Waals surface area contributed by atoms with Gasteiger partial charge in [0, 0.05) is 19.5 Å². The standard InChI is InChI=1S/C14H27NO.C2H6/c1-5-12(4)10-14(16)15-8-6-13(7-9-15)11(2)3;1-2/h11-13H,5-10H2,1-4H3;1-2H3. The zero-order valence-electron chi connectivity index (χ0n) is 13.3. The van der Waals surface area contributed by atoms with E-state index in [0.29, 0.717) is 11.8 Å². The number of hydrogen-bond acceptors (Lipinski definition) is 1. The zero-order chi connectivity index (χ0) is 14.1. The van der Waals surface area contributed by atoms with Gasteiger partial charge in [0.2, 0.25) is 5.91 Å². The Bertz CT molecular complexity index is 217. The van der Waals surface area contributed by atoms with E-state index in [2.05, 4.69) is 32.6 Å². The van der Waals surface area contributed by atoms with Crippen molar-refractivity contribution in [1.82, 2.24) is 4.90 Å². The van der Waals surface area contributed by atoms with Crippen molar-refractivity contribution in [2.45, 2.75) is 67.2 Å². The van der Waals surface area contributed by atoms with Gasteiger partial charge in [0.1, 0.15) is 0 Å². The molecule has 0 aromatic carbocycles. The Labute approximate surface area is 114 Å². The van der Waals surface area contributed by atoms with Crippen molar-refractivity contribution >= 4 is 5.91 Å².